The number of nitrogens with zero attached hydrogens (tertiary/aromatic N) is 3. The van der Waals surface area contributed by atoms with Gasteiger partial charge in [0.15, 0.2) is 0 Å². The van der Waals surface area contributed by atoms with Crippen LogP contribution in [0.5, 0.6) is 0 Å². The maximum absolute atomic E-state index is 12.3. The summed E-state index contributed by atoms with van der Waals surface area (Å²) in [5.74, 6) is 0.0279. The van der Waals surface area contributed by atoms with Crippen molar-refractivity contribution >= 4 is 5.91 Å². The van der Waals surface area contributed by atoms with E-state index in [1.165, 1.54) is 0 Å². The second-order valence-electron chi connectivity index (χ2n) is 5.40. The van der Waals surface area contributed by atoms with Gasteiger partial charge in [-0.25, -0.2) is 4.98 Å². The fourth-order valence-electron chi connectivity index (χ4n) is 2.46. The fourth-order valence-corrected chi connectivity index (χ4v) is 2.46. The molecular weight excluding hydrogens is 290 g/mol. The molecule has 6 heteroatoms. The van der Waals surface area contributed by atoms with Gasteiger partial charge in [0.05, 0.1) is 18.6 Å². The molecule has 6 nitrogen and oxygen atoms in total. The van der Waals surface area contributed by atoms with Crippen LogP contribution in [0.2, 0.25) is 0 Å². The van der Waals surface area contributed by atoms with Crippen LogP contribution in [0.3, 0.4) is 0 Å². The average Bonchev–Trinajstić information content (AvgIpc) is 3.27. The maximum Gasteiger partial charge on any atom is 0.220 e. The van der Waals surface area contributed by atoms with Crippen LogP contribution in [-0.2, 0) is 17.8 Å². The molecule has 0 aliphatic heterocycles. The Morgan fingerprint density at radius 1 is 1.30 bits per heavy atom. The number of imidazole rings is 1. The van der Waals surface area contributed by atoms with E-state index in [0.29, 0.717) is 19.4 Å². The quantitative estimate of drug-likeness (QED) is 0.702. The predicted molar refractivity (Wildman–Crippen MR) is 86.5 cm³/mol. The van der Waals surface area contributed by atoms with E-state index < -0.39 is 0 Å². The van der Waals surface area contributed by atoms with E-state index in [4.69, 9.17) is 0 Å². The number of hydrogen-bond donors (Lipinski definition) is 2. The van der Waals surface area contributed by atoms with Crippen LogP contribution in [0.4, 0.5) is 0 Å². The molecule has 3 aromatic rings. The van der Waals surface area contributed by atoms with Crippen LogP contribution < -0.4 is 5.32 Å². The van der Waals surface area contributed by atoms with Crippen molar-refractivity contribution in [3.05, 3.63) is 72.6 Å². The minimum Gasteiger partial charge on any atom is -0.347 e. The number of rotatable bonds is 7. The first-order valence-corrected chi connectivity index (χ1v) is 7.59. The lowest BCUT2D eigenvalue weighted by molar-refractivity contribution is -0.121. The maximum atomic E-state index is 12.3. The number of nitrogens with one attached hydrogen (secondary N) is 2. The van der Waals surface area contributed by atoms with Gasteiger partial charge in [-0.3, -0.25) is 9.89 Å². The minimum absolute atomic E-state index is 0.0279. The number of hydrogen-bond acceptors (Lipinski definition) is 3. The first-order chi connectivity index (χ1) is 11.3. The van der Waals surface area contributed by atoms with E-state index in [-0.39, 0.29) is 11.9 Å². The van der Waals surface area contributed by atoms with Crippen molar-refractivity contribution in [2.75, 3.05) is 0 Å². The zero-order valence-corrected chi connectivity index (χ0v) is 12.7. The summed E-state index contributed by atoms with van der Waals surface area (Å²) in [6.07, 6.45) is 10.1. The molecular formula is C17H19N5O. The van der Waals surface area contributed by atoms with E-state index in [1.807, 2.05) is 47.3 Å². The first kappa shape index (κ1) is 15.0. The molecule has 1 amide bonds. The summed E-state index contributed by atoms with van der Waals surface area (Å²) >= 11 is 0. The molecule has 0 radical (unpaired) electrons. The largest absolute Gasteiger partial charge is 0.347 e. The highest BCUT2D eigenvalue weighted by atomic mass is 16.1. The van der Waals surface area contributed by atoms with Gasteiger partial charge in [-0.05, 0) is 17.5 Å². The van der Waals surface area contributed by atoms with E-state index in [1.54, 1.807) is 18.7 Å². The van der Waals surface area contributed by atoms with Crippen LogP contribution in [-0.4, -0.2) is 25.7 Å². The Morgan fingerprint density at radius 2 is 2.17 bits per heavy atom. The Morgan fingerprint density at radius 3 is 2.87 bits per heavy atom. The van der Waals surface area contributed by atoms with Crippen molar-refractivity contribution in [1.29, 1.82) is 0 Å². The van der Waals surface area contributed by atoms with Crippen molar-refractivity contribution in [2.24, 2.45) is 0 Å². The van der Waals surface area contributed by atoms with E-state index >= 15 is 0 Å². The van der Waals surface area contributed by atoms with Crippen LogP contribution >= 0.6 is 0 Å². The molecule has 2 aromatic heterocycles. The average molecular weight is 309 g/mol. The Labute approximate surface area is 134 Å². The minimum atomic E-state index is -0.0813. The highest BCUT2D eigenvalue weighted by Gasteiger charge is 2.15. The SMILES string of the molecule is O=C(CCc1cn[nH]c1)NC(Cn1ccnc1)c1ccccc1. The Bertz CT molecular complexity index is 707. The molecule has 0 fully saturated rings. The second kappa shape index (κ2) is 7.40. The highest BCUT2D eigenvalue weighted by Crippen LogP contribution is 2.15. The summed E-state index contributed by atoms with van der Waals surface area (Å²) in [6.45, 7) is 0.654. The van der Waals surface area contributed by atoms with Gasteiger partial charge in [0.2, 0.25) is 5.91 Å². The molecule has 2 heterocycles. The zero-order chi connectivity index (χ0) is 15.9. The zero-order valence-electron chi connectivity index (χ0n) is 12.7. The van der Waals surface area contributed by atoms with Crippen molar-refractivity contribution < 1.29 is 4.79 Å². The third-order valence-electron chi connectivity index (χ3n) is 3.69. The number of amides is 1. The number of aromatic amines is 1. The summed E-state index contributed by atoms with van der Waals surface area (Å²) < 4.78 is 1.97. The standard InChI is InChI=1S/C17H19N5O/c23-17(7-6-14-10-19-20-11-14)21-16(12-22-9-8-18-13-22)15-4-2-1-3-5-15/h1-5,8-11,13,16H,6-7,12H2,(H,19,20)(H,21,23). The number of benzene rings is 1. The fraction of sp³-hybridized carbons (Fsp3) is 0.235. The lowest BCUT2D eigenvalue weighted by Gasteiger charge is -2.20. The molecule has 118 valence electrons. The van der Waals surface area contributed by atoms with E-state index in [0.717, 1.165) is 11.1 Å². The van der Waals surface area contributed by atoms with Gasteiger partial charge in [-0.1, -0.05) is 30.3 Å². The van der Waals surface area contributed by atoms with Crippen LogP contribution in [0.25, 0.3) is 0 Å². The number of aryl methyl sites for hydroxylation is 1. The smallest absolute Gasteiger partial charge is 0.220 e. The lowest BCUT2D eigenvalue weighted by atomic mass is 10.1. The third-order valence-corrected chi connectivity index (χ3v) is 3.69. The predicted octanol–water partition coefficient (Wildman–Crippen LogP) is 2.10. The molecule has 1 aromatic carbocycles. The molecule has 0 bridgehead atoms. The summed E-state index contributed by atoms with van der Waals surface area (Å²) in [4.78, 5) is 16.3. The molecule has 0 saturated heterocycles. The molecule has 2 N–H and O–H groups in total. The van der Waals surface area contributed by atoms with Crippen molar-refractivity contribution in [3.63, 3.8) is 0 Å². The number of H-pyrrole nitrogens is 1. The first-order valence-electron chi connectivity index (χ1n) is 7.59. The summed E-state index contributed by atoms with van der Waals surface area (Å²) in [5.41, 5.74) is 2.11. The second-order valence-corrected chi connectivity index (χ2v) is 5.40. The van der Waals surface area contributed by atoms with Gasteiger partial charge in [-0.15, -0.1) is 0 Å². The number of carbonyl (C=O) groups excluding carboxylic acids is 1. The molecule has 1 atom stereocenters. The van der Waals surface area contributed by atoms with Gasteiger partial charge >= 0.3 is 0 Å². The van der Waals surface area contributed by atoms with Crippen LogP contribution in [0, 0.1) is 0 Å². The Hall–Kier alpha value is -2.89. The van der Waals surface area contributed by atoms with Gasteiger partial charge in [-0.2, -0.15) is 5.10 Å². The van der Waals surface area contributed by atoms with E-state index in [2.05, 4.69) is 20.5 Å². The number of carbonyl (C=O) groups is 1. The van der Waals surface area contributed by atoms with Crippen molar-refractivity contribution in [3.8, 4) is 0 Å². The summed E-state index contributed by atoms with van der Waals surface area (Å²) in [6, 6.07) is 9.90. The molecule has 3 rings (SSSR count). The van der Waals surface area contributed by atoms with Crippen LogP contribution in [0.15, 0.2) is 61.4 Å². The van der Waals surface area contributed by atoms with Gasteiger partial charge < -0.3 is 9.88 Å². The van der Waals surface area contributed by atoms with Crippen LogP contribution in [0.1, 0.15) is 23.6 Å². The summed E-state index contributed by atoms with van der Waals surface area (Å²) in [7, 11) is 0. The molecule has 0 saturated carbocycles. The molecule has 1 unspecified atom stereocenters. The van der Waals surface area contributed by atoms with Gasteiger partial charge in [0.1, 0.15) is 0 Å². The molecule has 0 aliphatic carbocycles. The highest BCUT2D eigenvalue weighted by molar-refractivity contribution is 5.76. The third kappa shape index (κ3) is 4.29. The number of aromatic nitrogens is 4. The van der Waals surface area contributed by atoms with E-state index in [9.17, 15) is 4.79 Å². The molecule has 0 aliphatic rings. The summed E-state index contributed by atoms with van der Waals surface area (Å²) in [5, 5.41) is 9.77. The normalized spacial score (nSPS) is 12.0. The molecule has 23 heavy (non-hydrogen) atoms. The Balaban J connectivity index is 1.64. The van der Waals surface area contributed by atoms with Gasteiger partial charge in [0.25, 0.3) is 0 Å². The van der Waals surface area contributed by atoms with Gasteiger partial charge in [0, 0.05) is 31.6 Å². The van der Waals surface area contributed by atoms with Crippen molar-refractivity contribution in [2.45, 2.75) is 25.4 Å². The Kier molecular flexibility index (Phi) is 4.83. The van der Waals surface area contributed by atoms with Crippen molar-refractivity contribution in [1.82, 2.24) is 25.1 Å². The monoisotopic (exact) mass is 309 g/mol. The molecule has 0 spiro atoms. The lowest BCUT2D eigenvalue weighted by Crippen LogP contribution is -2.31. The topological polar surface area (TPSA) is 75.6 Å².